The number of hydrogen-bond acceptors (Lipinski definition) is 6. The monoisotopic (exact) mass is 293 g/mol. The molecule has 1 aliphatic rings. The molecule has 2 heterocycles. The van der Waals surface area contributed by atoms with Crippen LogP contribution in [0.15, 0.2) is 6.07 Å². The molecule has 0 bridgehead atoms. The summed E-state index contributed by atoms with van der Waals surface area (Å²) in [6.45, 7) is 4.53. The van der Waals surface area contributed by atoms with Gasteiger partial charge in [0.25, 0.3) is 0 Å². The highest BCUT2D eigenvalue weighted by molar-refractivity contribution is 5.77. The molecule has 3 N–H and O–H groups in total. The van der Waals surface area contributed by atoms with Gasteiger partial charge >= 0.3 is 0 Å². The molecule has 0 aromatic carbocycles. The number of carbonyl (C=O) groups excluding carboxylic acids is 1. The summed E-state index contributed by atoms with van der Waals surface area (Å²) in [5.74, 6) is 2.08. The first kappa shape index (κ1) is 15.5. The summed E-state index contributed by atoms with van der Waals surface area (Å²) in [5.41, 5.74) is 5.37. The van der Waals surface area contributed by atoms with Crippen molar-refractivity contribution in [2.24, 2.45) is 11.7 Å². The minimum Gasteiger partial charge on any atom is -0.374 e. The van der Waals surface area contributed by atoms with E-state index in [1.807, 2.05) is 20.0 Å². The number of rotatable bonds is 6. The second kappa shape index (κ2) is 7.21. The highest BCUT2D eigenvalue weighted by Crippen LogP contribution is 2.23. The minimum atomic E-state index is -0.203. The van der Waals surface area contributed by atoms with Crippen molar-refractivity contribution < 1.29 is 9.53 Å². The summed E-state index contributed by atoms with van der Waals surface area (Å²) in [4.78, 5) is 22.3. The molecule has 0 atom stereocenters. The van der Waals surface area contributed by atoms with E-state index in [1.165, 1.54) is 0 Å². The molecule has 1 aromatic heterocycles. The van der Waals surface area contributed by atoms with Crippen LogP contribution < -0.4 is 16.0 Å². The number of aromatic nitrogens is 2. The number of anilines is 2. The second-order valence-corrected chi connectivity index (χ2v) is 5.08. The maximum Gasteiger partial charge on any atom is 0.220 e. The van der Waals surface area contributed by atoms with Gasteiger partial charge in [-0.05, 0) is 19.8 Å². The van der Waals surface area contributed by atoms with Crippen LogP contribution in [0.25, 0.3) is 0 Å². The smallest absolute Gasteiger partial charge is 0.220 e. The number of hydrogen-bond donors (Lipinski definition) is 2. The van der Waals surface area contributed by atoms with Gasteiger partial charge in [-0.1, -0.05) is 0 Å². The van der Waals surface area contributed by atoms with Crippen molar-refractivity contribution in [1.29, 1.82) is 0 Å². The predicted octanol–water partition coefficient (Wildman–Crippen LogP) is 0.756. The standard InChI is InChI=1S/C14H23N5O2/c1-3-21-9-12-17-11(16-2)8-13(18-12)19-6-4-10(5-7-19)14(15)20/h8,10H,3-7,9H2,1-2H3,(H2,15,20)(H,16,17,18). The van der Waals surface area contributed by atoms with E-state index in [-0.39, 0.29) is 11.8 Å². The molecule has 7 heteroatoms. The molecule has 7 nitrogen and oxygen atoms in total. The number of piperidine rings is 1. The van der Waals surface area contributed by atoms with Gasteiger partial charge in [0, 0.05) is 38.7 Å². The van der Waals surface area contributed by atoms with Crippen molar-refractivity contribution in [2.45, 2.75) is 26.4 Å². The maximum absolute atomic E-state index is 11.2. The van der Waals surface area contributed by atoms with Crippen LogP contribution in [0.2, 0.25) is 0 Å². The first-order chi connectivity index (χ1) is 10.1. The highest BCUT2D eigenvalue weighted by atomic mass is 16.5. The minimum absolute atomic E-state index is 0.0187. The molecule has 21 heavy (non-hydrogen) atoms. The number of primary amides is 1. The van der Waals surface area contributed by atoms with E-state index in [4.69, 9.17) is 10.5 Å². The fourth-order valence-electron chi connectivity index (χ4n) is 2.42. The lowest BCUT2D eigenvalue weighted by Gasteiger charge is -2.31. The van der Waals surface area contributed by atoms with E-state index in [0.717, 1.165) is 37.6 Å². The number of amides is 1. The lowest BCUT2D eigenvalue weighted by molar-refractivity contribution is -0.122. The molecule has 1 saturated heterocycles. The number of nitrogens with zero attached hydrogens (tertiary/aromatic N) is 3. The van der Waals surface area contributed by atoms with E-state index in [9.17, 15) is 4.79 Å². The second-order valence-electron chi connectivity index (χ2n) is 5.08. The largest absolute Gasteiger partial charge is 0.374 e. The van der Waals surface area contributed by atoms with Crippen LogP contribution in [0.1, 0.15) is 25.6 Å². The summed E-state index contributed by atoms with van der Waals surface area (Å²) in [6.07, 6.45) is 1.55. The van der Waals surface area contributed by atoms with Gasteiger partial charge in [-0.15, -0.1) is 0 Å². The first-order valence-electron chi connectivity index (χ1n) is 7.31. The average molecular weight is 293 g/mol. The van der Waals surface area contributed by atoms with Crippen molar-refractivity contribution in [3.63, 3.8) is 0 Å². The Kier molecular flexibility index (Phi) is 5.32. The van der Waals surface area contributed by atoms with E-state index >= 15 is 0 Å². The van der Waals surface area contributed by atoms with Crippen molar-refractivity contribution >= 4 is 17.5 Å². The number of carbonyl (C=O) groups is 1. The van der Waals surface area contributed by atoms with Crippen LogP contribution in [0.5, 0.6) is 0 Å². The number of ether oxygens (including phenoxy) is 1. The van der Waals surface area contributed by atoms with Gasteiger partial charge in [0.05, 0.1) is 0 Å². The Hall–Kier alpha value is -1.89. The normalized spacial score (nSPS) is 16.0. The van der Waals surface area contributed by atoms with Crippen LogP contribution in [-0.2, 0) is 16.1 Å². The Morgan fingerprint density at radius 2 is 2.19 bits per heavy atom. The lowest BCUT2D eigenvalue weighted by atomic mass is 9.96. The molecule has 1 amide bonds. The van der Waals surface area contributed by atoms with E-state index in [0.29, 0.717) is 19.0 Å². The quantitative estimate of drug-likeness (QED) is 0.804. The van der Waals surface area contributed by atoms with Crippen molar-refractivity contribution in [1.82, 2.24) is 9.97 Å². The molecule has 0 aliphatic carbocycles. The molecule has 1 aliphatic heterocycles. The predicted molar refractivity (Wildman–Crippen MR) is 81.0 cm³/mol. The van der Waals surface area contributed by atoms with Crippen molar-refractivity contribution in [3.05, 3.63) is 11.9 Å². The molecular weight excluding hydrogens is 270 g/mol. The van der Waals surface area contributed by atoms with Crippen LogP contribution >= 0.6 is 0 Å². The van der Waals surface area contributed by atoms with Gasteiger partial charge in [-0.2, -0.15) is 0 Å². The van der Waals surface area contributed by atoms with E-state index in [1.54, 1.807) is 0 Å². The lowest BCUT2D eigenvalue weighted by Crippen LogP contribution is -2.39. The molecule has 116 valence electrons. The van der Waals surface area contributed by atoms with Gasteiger partial charge in [0.2, 0.25) is 5.91 Å². The maximum atomic E-state index is 11.2. The Bertz CT molecular complexity index is 486. The zero-order chi connectivity index (χ0) is 15.2. The van der Waals surface area contributed by atoms with Crippen LogP contribution in [0.3, 0.4) is 0 Å². The SMILES string of the molecule is CCOCc1nc(NC)cc(N2CCC(C(N)=O)CC2)n1. The summed E-state index contributed by atoms with van der Waals surface area (Å²) >= 11 is 0. The zero-order valence-electron chi connectivity index (χ0n) is 12.6. The van der Waals surface area contributed by atoms with Gasteiger partial charge < -0.3 is 20.7 Å². The van der Waals surface area contributed by atoms with E-state index in [2.05, 4.69) is 20.2 Å². The van der Waals surface area contributed by atoms with Gasteiger partial charge in [-0.25, -0.2) is 9.97 Å². The molecule has 1 aromatic rings. The summed E-state index contributed by atoms with van der Waals surface area (Å²) in [6, 6.07) is 1.92. The molecular formula is C14H23N5O2. The Morgan fingerprint density at radius 1 is 1.48 bits per heavy atom. The van der Waals surface area contributed by atoms with Crippen LogP contribution in [0, 0.1) is 5.92 Å². The zero-order valence-corrected chi connectivity index (χ0v) is 12.6. The number of nitrogens with two attached hydrogens (primary N) is 1. The van der Waals surface area contributed by atoms with Crippen molar-refractivity contribution in [3.8, 4) is 0 Å². The van der Waals surface area contributed by atoms with Gasteiger partial charge in [-0.3, -0.25) is 4.79 Å². The molecule has 0 saturated carbocycles. The molecule has 0 unspecified atom stereocenters. The van der Waals surface area contributed by atoms with Crippen molar-refractivity contribution in [2.75, 3.05) is 37.0 Å². The number of nitrogens with one attached hydrogen (secondary N) is 1. The van der Waals surface area contributed by atoms with Gasteiger partial charge in [0.1, 0.15) is 18.2 Å². The summed E-state index contributed by atoms with van der Waals surface area (Å²) < 4.78 is 5.38. The average Bonchev–Trinajstić information content (AvgIpc) is 2.52. The molecule has 0 spiro atoms. The van der Waals surface area contributed by atoms with E-state index < -0.39 is 0 Å². The third kappa shape index (κ3) is 4.04. The Balaban J connectivity index is 2.10. The third-order valence-corrected chi connectivity index (χ3v) is 3.67. The molecule has 1 fully saturated rings. The Morgan fingerprint density at radius 3 is 2.76 bits per heavy atom. The Labute approximate surface area is 124 Å². The topological polar surface area (TPSA) is 93.4 Å². The summed E-state index contributed by atoms with van der Waals surface area (Å²) in [7, 11) is 1.83. The van der Waals surface area contributed by atoms with Crippen LogP contribution in [-0.4, -0.2) is 42.6 Å². The van der Waals surface area contributed by atoms with Gasteiger partial charge in [0.15, 0.2) is 5.82 Å². The fraction of sp³-hybridized carbons (Fsp3) is 0.643. The first-order valence-corrected chi connectivity index (χ1v) is 7.31. The summed E-state index contributed by atoms with van der Waals surface area (Å²) in [5, 5.41) is 3.04. The molecule has 2 rings (SSSR count). The third-order valence-electron chi connectivity index (χ3n) is 3.67. The molecule has 0 radical (unpaired) electrons. The highest BCUT2D eigenvalue weighted by Gasteiger charge is 2.24. The van der Waals surface area contributed by atoms with Crippen LogP contribution in [0.4, 0.5) is 11.6 Å². The fourth-order valence-corrected chi connectivity index (χ4v) is 2.42.